The van der Waals surface area contributed by atoms with Crippen molar-refractivity contribution >= 4 is 11.8 Å². The fraction of sp³-hybridized carbons (Fsp3) is 0.467. The summed E-state index contributed by atoms with van der Waals surface area (Å²) in [6.45, 7) is 0. The Hall–Kier alpha value is -1.78. The molecule has 5 heteroatoms. The Bertz CT molecular complexity index is 534. The molecule has 0 aliphatic heterocycles. The molecule has 0 atom stereocenters. The third kappa shape index (κ3) is 3.21. The number of benzene rings is 1. The highest BCUT2D eigenvalue weighted by Gasteiger charge is 2.38. The summed E-state index contributed by atoms with van der Waals surface area (Å²) in [7, 11) is 0. The van der Waals surface area contributed by atoms with Crippen LogP contribution in [0.25, 0.3) is 0 Å². The topological polar surface area (TPSA) is 54.4 Å². The maximum Gasteiger partial charge on any atom is 0.303 e. The van der Waals surface area contributed by atoms with Crippen LogP contribution in [0, 0.1) is 17.0 Å². The summed E-state index contributed by atoms with van der Waals surface area (Å²) >= 11 is 0. The van der Waals surface area contributed by atoms with Gasteiger partial charge in [-0.2, -0.15) is 0 Å². The van der Waals surface area contributed by atoms with E-state index in [9.17, 15) is 18.4 Å². The van der Waals surface area contributed by atoms with Crippen molar-refractivity contribution in [3.05, 3.63) is 35.4 Å². The van der Waals surface area contributed by atoms with Gasteiger partial charge in [-0.1, -0.05) is 12.8 Å². The molecule has 1 fully saturated rings. The summed E-state index contributed by atoms with van der Waals surface area (Å²) in [5.41, 5.74) is -0.436. The molecule has 1 aromatic carbocycles. The molecule has 20 heavy (non-hydrogen) atoms. The van der Waals surface area contributed by atoms with Crippen LogP contribution in [0.1, 0.15) is 48.9 Å². The average molecular weight is 282 g/mol. The highest BCUT2D eigenvalue weighted by Crippen LogP contribution is 2.44. The van der Waals surface area contributed by atoms with E-state index in [4.69, 9.17) is 5.11 Å². The molecule has 1 aliphatic carbocycles. The van der Waals surface area contributed by atoms with Crippen LogP contribution in [0.15, 0.2) is 18.2 Å². The zero-order valence-corrected chi connectivity index (χ0v) is 11.0. The van der Waals surface area contributed by atoms with E-state index >= 15 is 0 Å². The second kappa shape index (κ2) is 5.69. The van der Waals surface area contributed by atoms with Gasteiger partial charge in [0.25, 0.3) is 0 Å². The van der Waals surface area contributed by atoms with E-state index < -0.39 is 23.0 Å². The summed E-state index contributed by atoms with van der Waals surface area (Å²) in [6.07, 6.45) is 3.20. The Morgan fingerprint density at radius 2 is 1.75 bits per heavy atom. The van der Waals surface area contributed by atoms with E-state index in [1.807, 2.05) is 0 Å². The second-order valence-corrected chi connectivity index (χ2v) is 5.51. The zero-order chi connectivity index (χ0) is 14.8. The largest absolute Gasteiger partial charge is 0.481 e. The lowest BCUT2D eigenvalue weighted by atomic mass is 9.77. The van der Waals surface area contributed by atoms with Gasteiger partial charge in [-0.15, -0.1) is 0 Å². The van der Waals surface area contributed by atoms with Gasteiger partial charge in [0, 0.05) is 12.0 Å². The van der Waals surface area contributed by atoms with Crippen molar-refractivity contribution in [2.75, 3.05) is 0 Å². The summed E-state index contributed by atoms with van der Waals surface area (Å²) in [6, 6.07) is 3.03. The first-order chi connectivity index (χ1) is 9.42. The molecule has 1 aliphatic rings. The minimum Gasteiger partial charge on any atom is -0.481 e. The molecule has 1 saturated carbocycles. The zero-order valence-electron chi connectivity index (χ0n) is 11.0. The summed E-state index contributed by atoms with van der Waals surface area (Å²) in [5, 5.41) is 8.98. The molecule has 0 radical (unpaired) electrons. The first-order valence-electron chi connectivity index (χ1n) is 6.62. The third-order valence-corrected chi connectivity index (χ3v) is 3.97. The molecule has 0 heterocycles. The number of carbonyl (C=O) groups is 2. The van der Waals surface area contributed by atoms with Crippen LogP contribution in [-0.2, 0) is 4.79 Å². The molecule has 1 aromatic rings. The number of carboxylic acid groups (broad SMARTS) is 1. The van der Waals surface area contributed by atoms with Gasteiger partial charge in [0.2, 0.25) is 0 Å². The first-order valence-corrected chi connectivity index (χ1v) is 6.62. The van der Waals surface area contributed by atoms with Gasteiger partial charge >= 0.3 is 5.97 Å². The molecule has 2 rings (SSSR count). The minimum absolute atomic E-state index is 0.0532. The first kappa shape index (κ1) is 14.6. The molecule has 0 spiro atoms. The Morgan fingerprint density at radius 3 is 2.30 bits per heavy atom. The van der Waals surface area contributed by atoms with Crippen molar-refractivity contribution in [2.45, 2.75) is 38.5 Å². The SMILES string of the molecule is O=C(O)CC1(CC(=O)c2ccc(F)c(F)c2)CCCC1. The molecule has 108 valence electrons. The Balaban J connectivity index is 2.16. The summed E-state index contributed by atoms with van der Waals surface area (Å²) in [4.78, 5) is 23.1. The van der Waals surface area contributed by atoms with Gasteiger partial charge in [-0.25, -0.2) is 8.78 Å². The Morgan fingerprint density at radius 1 is 1.10 bits per heavy atom. The van der Waals surface area contributed by atoms with Crippen LogP contribution < -0.4 is 0 Å². The van der Waals surface area contributed by atoms with Gasteiger partial charge < -0.3 is 5.11 Å². The predicted octanol–water partition coefficient (Wildman–Crippen LogP) is 3.57. The summed E-state index contributed by atoms with van der Waals surface area (Å²) < 4.78 is 26.0. The third-order valence-electron chi connectivity index (χ3n) is 3.97. The minimum atomic E-state index is -1.06. The lowest BCUT2D eigenvalue weighted by Crippen LogP contribution is -2.24. The van der Waals surface area contributed by atoms with E-state index in [1.165, 1.54) is 6.07 Å². The van der Waals surface area contributed by atoms with Gasteiger partial charge in [-0.3, -0.25) is 9.59 Å². The quantitative estimate of drug-likeness (QED) is 0.840. The fourth-order valence-corrected chi connectivity index (χ4v) is 2.97. The predicted molar refractivity (Wildman–Crippen MR) is 68.5 cm³/mol. The van der Waals surface area contributed by atoms with E-state index in [1.54, 1.807) is 0 Å². The van der Waals surface area contributed by atoms with Crippen LogP contribution in [-0.4, -0.2) is 16.9 Å². The molecule has 1 N–H and O–H groups in total. The highest BCUT2D eigenvalue weighted by molar-refractivity contribution is 5.96. The summed E-state index contributed by atoms with van der Waals surface area (Å²) in [5.74, 6) is -3.31. The van der Waals surface area contributed by atoms with Crippen molar-refractivity contribution in [3.63, 3.8) is 0 Å². The van der Waals surface area contributed by atoms with Gasteiger partial charge in [0.1, 0.15) is 0 Å². The molecule has 0 bridgehead atoms. The van der Waals surface area contributed by atoms with Crippen molar-refractivity contribution in [1.82, 2.24) is 0 Å². The van der Waals surface area contributed by atoms with Crippen molar-refractivity contribution < 1.29 is 23.5 Å². The number of ketones is 1. The van der Waals surface area contributed by atoms with E-state index in [2.05, 4.69) is 0 Å². The smallest absolute Gasteiger partial charge is 0.303 e. The van der Waals surface area contributed by atoms with E-state index in [0.717, 1.165) is 25.0 Å². The molecule has 0 unspecified atom stereocenters. The molecule has 0 saturated heterocycles. The maximum absolute atomic E-state index is 13.1. The number of halogens is 2. The van der Waals surface area contributed by atoms with Gasteiger partial charge in [0.15, 0.2) is 17.4 Å². The normalized spacial score (nSPS) is 17.1. The Kier molecular flexibility index (Phi) is 4.16. The van der Waals surface area contributed by atoms with E-state index in [-0.39, 0.29) is 24.2 Å². The highest BCUT2D eigenvalue weighted by atomic mass is 19.2. The average Bonchev–Trinajstić information content (AvgIpc) is 2.79. The molecular weight excluding hydrogens is 266 g/mol. The molecule has 0 aromatic heterocycles. The van der Waals surface area contributed by atoms with Crippen LogP contribution >= 0.6 is 0 Å². The molecule has 3 nitrogen and oxygen atoms in total. The van der Waals surface area contributed by atoms with Crippen LogP contribution in [0.3, 0.4) is 0 Å². The standard InChI is InChI=1S/C15H16F2O3/c16-11-4-3-10(7-12(11)17)13(18)8-15(9-14(19)20)5-1-2-6-15/h3-4,7H,1-2,5-6,8-9H2,(H,19,20). The number of hydrogen-bond acceptors (Lipinski definition) is 2. The van der Waals surface area contributed by atoms with E-state index in [0.29, 0.717) is 12.8 Å². The maximum atomic E-state index is 13.1. The van der Waals surface area contributed by atoms with Crippen LogP contribution in [0.4, 0.5) is 8.78 Å². The van der Waals surface area contributed by atoms with Crippen LogP contribution in [0.5, 0.6) is 0 Å². The number of aliphatic carboxylic acids is 1. The number of hydrogen-bond donors (Lipinski definition) is 1. The number of Topliss-reactive ketones (excluding diaryl/α,β-unsaturated/α-hetero) is 1. The Labute approximate surface area is 115 Å². The van der Waals surface area contributed by atoms with Crippen LogP contribution in [0.2, 0.25) is 0 Å². The monoisotopic (exact) mass is 282 g/mol. The van der Waals surface area contributed by atoms with Crippen molar-refractivity contribution in [3.8, 4) is 0 Å². The van der Waals surface area contributed by atoms with Gasteiger partial charge in [0.05, 0.1) is 6.42 Å². The lowest BCUT2D eigenvalue weighted by Gasteiger charge is -2.26. The lowest BCUT2D eigenvalue weighted by molar-refractivity contribution is -0.139. The number of carbonyl (C=O) groups excluding carboxylic acids is 1. The molecule has 0 amide bonds. The van der Waals surface area contributed by atoms with Crippen molar-refractivity contribution in [1.29, 1.82) is 0 Å². The number of rotatable bonds is 5. The molecular formula is C15H16F2O3. The second-order valence-electron chi connectivity index (χ2n) is 5.51. The van der Waals surface area contributed by atoms with Gasteiger partial charge in [-0.05, 0) is 36.5 Å². The number of carboxylic acids is 1. The van der Waals surface area contributed by atoms with Crippen molar-refractivity contribution in [2.24, 2.45) is 5.41 Å². The fourth-order valence-electron chi connectivity index (χ4n) is 2.97.